The molecule has 4 nitrogen and oxygen atoms in total. The quantitative estimate of drug-likeness (QED) is 0.787. The molecule has 1 rings (SSSR count). The number of rotatable bonds is 4. The van der Waals surface area contributed by atoms with E-state index in [1.807, 2.05) is 6.92 Å². The zero-order chi connectivity index (χ0) is 13.9. The van der Waals surface area contributed by atoms with Gasteiger partial charge in [0, 0.05) is 19.8 Å². The van der Waals surface area contributed by atoms with Crippen LogP contribution in [0.15, 0.2) is 0 Å². The lowest BCUT2D eigenvalue weighted by Gasteiger charge is -2.46. The van der Waals surface area contributed by atoms with Crippen molar-refractivity contribution >= 4 is 5.97 Å². The highest BCUT2D eigenvalue weighted by molar-refractivity contribution is 5.66. The average Bonchev–Trinajstić information content (AvgIpc) is 2.24. The van der Waals surface area contributed by atoms with Crippen molar-refractivity contribution in [3.63, 3.8) is 0 Å². The lowest BCUT2D eigenvalue weighted by Crippen LogP contribution is -2.48. The first-order chi connectivity index (χ1) is 8.27. The molecule has 4 heteroatoms. The Kier molecular flexibility index (Phi) is 5.17. The van der Waals surface area contributed by atoms with Crippen LogP contribution in [0.5, 0.6) is 0 Å². The highest BCUT2D eigenvalue weighted by Gasteiger charge is 2.44. The number of aliphatic hydroxyl groups excluding tert-OH is 1. The third kappa shape index (κ3) is 3.69. The summed E-state index contributed by atoms with van der Waals surface area (Å²) in [5.74, 6) is 0.0614. The smallest absolute Gasteiger partial charge is 0.304 e. The molecule has 0 radical (unpaired) electrons. The van der Waals surface area contributed by atoms with E-state index in [4.69, 9.17) is 9.47 Å². The van der Waals surface area contributed by atoms with Crippen molar-refractivity contribution in [3.8, 4) is 0 Å². The van der Waals surface area contributed by atoms with Crippen LogP contribution in [0.4, 0.5) is 0 Å². The van der Waals surface area contributed by atoms with Crippen molar-refractivity contribution < 1.29 is 19.4 Å². The number of aliphatic hydroxyl groups is 1. The maximum atomic E-state index is 11.0. The monoisotopic (exact) mass is 258 g/mol. The van der Waals surface area contributed by atoms with Gasteiger partial charge in [-0.1, -0.05) is 27.7 Å². The molecule has 0 aromatic rings. The van der Waals surface area contributed by atoms with Gasteiger partial charge >= 0.3 is 5.97 Å². The van der Waals surface area contributed by atoms with Crippen LogP contribution in [-0.4, -0.2) is 29.6 Å². The molecule has 1 fully saturated rings. The number of hydrogen-bond acceptors (Lipinski definition) is 4. The standard InChI is InChI=1S/C14H26O4/c1-6-11(16)8-12-14(4,5)9(2)7-13(18-12)17-10(3)15/h9,11-13,16H,6-8H2,1-5H3/t9-,11?,12-,13?/m1/s1. The maximum absolute atomic E-state index is 11.0. The van der Waals surface area contributed by atoms with E-state index in [0.29, 0.717) is 25.2 Å². The summed E-state index contributed by atoms with van der Waals surface area (Å²) in [7, 11) is 0. The maximum Gasteiger partial charge on any atom is 0.304 e. The molecule has 0 saturated carbocycles. The van der Waals surface area contributed by atoms with Crippen LogP contribution in [0.25, 0.3) is 0 Å². The van der Waals surface area contributed by atoms with Gasteiger partial charge in [0.25, 0.3) is 0 Å². The Morgan fingerprint density at radius 2 is 2.17 bits per heavy atom. The number of carbonyl (C=O) groups excluding carboxylic acids is 1. The molecular formula is C14H26O4. The molecule has 1 N–H and O–H groups in total. The fourth-order valence-electron chi connectivity index (χ4n) is 2.36. The summed E-state index contributed by atoms with van der Waals surface area (Å²) < 4.78 is 11.0. The van der Waals surface area contributed by atoms with Crippen LogP contribution < -0.4 is 0 Å². The molecule has 0 bridgehead atoms. The van der Waals surface area contributed by atoms with Gasteiger partial charge < -0.3 is 14.6 Å². The minimum atomic E-state index is -0.473. The van der Waals surface area contributed by atoms with E-state index in [-0.39, 0.29) is 23.6 Å². The van der Waals surface area contributed by atoms with Gasteiger partial charge in [0.15, 0.2) is 0 Å². The Balaban J connectivity index is 2.72. The van der Waals surface area contributed by atoms with Crippen LogP contribution in [0.2, 0.25) is 0 Å². The van der Waals surface area contributed by atoms with Gasteiger partial charge in [0.05, 0.1) is 12.2 Å². The van der Waals surface area contributed by atoms with Crippen LogP contribution in [0.3, 0.4) is 0 Å². The fraction of sp³-hybridized carbons (Fsp3) is 0.929. The molecule has 1 heterocycles. The van der Waals surface area contributed by atoms with E-state index >= 15 is 0 Å². The van der Waals surface area contributed by atoms with E-state index in [9.17, 15) is 9.90 Å². The van der Waals surface area contributed by atoms with Gasteiger partial charge in [0.1, 0.15) is 0 Å². The topological polar surface area (TPSA) is 55.8 Å². The van der Waals surface area contributed by atoms with Crippen molar-refractivity contribution in [2.24, 2.45) is 11.3 Å². The van der Waals surface area contributed by atoms with Crippen LogP contribution >= 0.6 is 0 Å². The Morgan fingerprint density at radius 1 is 1.56 bits per heavy atom. The number of esters is 1. The summed E-state index contributed by atoms with van der Waals surface area (Å²) in [6, 6.07) is 0. The van der Waals surface area contributed by atoms with E-state index in [1.54, 1.807) is 0 Å². The fourth-order valence-corrected chi connectivity index (χ4v) is 2.36. The Hall–Kier alpha value is -0.610. The highest BCUT2D eigenvalue weighted by atomic mass is 16.7. The van der Waals surface area contributed by atoms with Gasteiger partial charge in [-0.15, -0.1) is 0 Å². The number of carbonyl (C=O) groups is 1. The minimum Gasteiger partial charge on any atom is -0.436 e. The van der Waals surface area contributed by atoms with Gasteiger partial charge in [-0.2, -0.15) is 0 Å². The molecule has 1 aliphatic heterocycles. The first-order valence-corrected chi connectivity index (χ1v) is 6.78. The van der Waals surface area contributed by atoms with Gasteiger partial charge in [0.2, 0.25) is 6.29 Å². The van der Waals surface area contributed by atoms with Crippen molar-refractivity contribution in [1.82, 2.24) is 0 Å². The van der Waals surface area contributed by atoms with E-state index in [2.05, 4.69) is 20.8 Å². The summed E-state index contributed by atoms with van der Waals surface area (Å²) in [6.45, 7) is 9.78. The van der Waals surface area contributed by atoms with Crippen molar-refractivity contribution in [3.05, 3.63) is 0 Å². The van der Waals surface area contributed by atoms with Crippen molar-refractivity contribution in [2.75, 3.05) is 0 Å². The van der Waals surface area contributed by atoms with Gasteiger partial charge in [-0.05, 0) is 17.8 Å². The molecular weight excluding hydrogens is 232 g/mol. The Morgan fingerprint density at radius 3 is 2.67 bits per heavy atom. The molecule has 0 aromatic carbocycles. The van der Waals surface area contributed by atoms with Crippen LogP contribution in [-0.2, 0) is 14.3 Å². The minimum absolute atomic E-state index is 0.0210. The zero-order valence-electron chi connectivity index (χ0n) is 12.1. The first kappa shape index (κ1) is 15.4. The summed E-state index contributed by atoms with van der Waals surface area (Å²) >= 11 is 0. The highest BCUT2D eigenvalue weighted by Crippen LogP contribution is 2.43. The van der Waals surface area contributed by atoms with Crippen LogP contribution in [0, 0.1) is 11.3 Å². The van der Waals surface area contributed by atoms with Crippen molar-refractivity contribution in [2.45, 2.75) is 72.4 Å². The third-order valence-electron chi connectivity index (χ3n) is 4.22. The van der Waals surface area contributed by atoms with Gasteiger partial charge in [-0.3, -0.25) is 4.79 Å². The number of hydrogen-bond donors (Lipinski definition) is 1. The lowest BCUT2D eigenvalue weighted by molar-refractivity contribution is -0.242. The second-order valence-corrected chi connectivity index (χ2v) is 5.92. The molecule has 0 aliphatic carbocycles. The summed E-state index contributed by atoms with van der Waals surface area (Å²) in [4.78, 5) is 11.0. The molecule has 1 saturated heterocycles. The van der Waals surface area contributed by atoms with Crippen molar-refractivity contribution in [1.29, 1.82) is 0 Å². The van der Waals surface area contributed by atoms with Gasteiger partial charge in [-0.25, -0.2) is 0 Å². The zero-order valence-corrected chi connectivity index (χ0v) is 12.1. The predicted molar refractivity (Wildman–Crippen MR) is 68.9 cm³/mol. The van der Waals surface area contributed by atoms with E-state index in [0.717, 1.165) is 0 Å². The molecule has 4 atom stereocenters. The summed E-state index contributed by atoms with van der Waals surface area (Å²) in [5, 5.41) is 9.81. The molecule has 0 aromatic heterocycles. The average molecular weight is 258 g/mol. The lowest BCUT2D eigenvalue weighted by atomic mass is 9.70. The number of ether oxygens (including phenoxy) is 2. The molecule has 0 amide bonds. The molecule has 2 unspecified atom stereocenters. The first-order valence-electron chi connectivity index (χ1n) is 6.78. The summed E-state index contributed by atoms with van der Waals surface area (Å²) in [6.07, 6.45) is 1.09. The molecule has 106 valence electrons. The second-order valence-electron chi connectivity index (χ2n) is 5.92. The molecule has 18 heavy (non-hydrogen) atoms. The largest absolute Gasteiger partial charge is 0.436 e. The predicted octanol–water partition coefficient (Wildman–Crippen LogP) is 2.49. The summed E-state index contributed by atoms with van der Waals surface area (Å²) in [5.41, 5.74) is -0.0210. The van der Waals surface area contributed by atoms with E-state index in [1.165, 1.54) is 6.92 Å². The second kappa shape index (κ2) is 6.02. The molecule has 1 aliphatic rings. The Bertz CT molecular complexity index is 288. The van der Waals surface area contributed by atoms with Crippen LogP contribution in [0.1, 0.15) is 53.9 Å². The third-order valence-corrected chi connectivity index (χ3v) is 4.22. The Labute approximate surface area is 110 Å². The molecule has 0 spiro atoms. The van der Waals surface area contributed by atoms with E-state index < -0.39 is 6.29 Å². The SMILES string of the molecule is CCC(O)C[C@H]1OC(OC(C)=O)C[C@@H](C)C1(C)C. The normalized spacial score (nSPS) is 32.9.